The molecule has 0 aromatic heterocycles. The number of rotatable bonds is 10. The van der Waals surface area contributed by atoms with Gasteiger partial charge >= 0.3 is 12.4 Å². The van der Waals surface area contributed by atoms with Crippen molar-refractivity contribution in [3.05, 3.63) is 145 Å². The summed E-state index contributed by atoms with van der Waals surface area (Å²) >= 11 is 0. The van der Waals surface area contributed by atoms with Crippen LogP contribution in [0, 0.1) is 5.41 Å². The van der Waals surface area contributed by atoms with E-state index in [0.717, 1.165) is 24.3 Å². The number of hydrogen-bond acceptors (Lipinski definition) is 8. The molecular formula is C39H34F6N4O4. The average molecular weight is 737 g/mol. The molecule has 0 saturated carbocycles. The highest BCUT2D eigenvalue weighted by atomic mass is 19.4. The molecule has 2 aliphatic carbocycles. The van der Waals surface area contributed by atoms with Crippen LogP contribution in [0.5, 0.6) is 23.0 Å². The Kier molecular flexibility index (Phi) is 9.50. The molecule has 0 heterocycles. The lowest BCUT2D eigenvalue weighted by molar-refractivity contribution is -0.309. The first kappa shape index (κ1) is 36.6. The summed E-state index contributed by atoms with van der Waals surface area (Å²) in [6, 6.07) is 24.4. The fourth-order valence-corrected chi connectivity index (χ4v) is 6.20. The van der Waals surface area contributed by atoms with E-state index in [1.54, 1.807) is 48.5 Å². The molecule has 14 heteroatoms. The van der Waals surface area contributed by atoms with Crippen molar-refractivity contribution in [2.45, 2.75) is 36.8 Å². The number of hydrogen-bond donors (Lipinski definition) is 4. The van der Waals surface area contributed by atoms with Gasteiger partial charge in [0.25, 0.3) is 11.6 Å². The second-order valence-corrected chi connectivity index (χ2v) is 12.5. The Bertz CT molecular complexity index is 1860. The van der Waals surface area contributed by atoms with Gasteiger partial charge in [-0.05, 0) is 59.7 Å². The molecule has 0 unspecified atom stereocenters. The van der Waals surface area contributed by atoms with Crippen LogP contribution in [-0.4, -0.2) is 23.9 Å². The van der Waals surface area contributed by atoms with Gasteiger partial charge < -0.3 is 41.9 Å². The molecular weight excluding hydrogens is 702 g/mol. The number of nitrogens with two attached hydrogens (primary N) is 4. The molecule has 53 heavy (non-hydrogen) atoms. The molecule has 0 saturated heterocycles. The Hall–Kier alpha value is -6.18. The van der Waals surface area contributed by atoms with Crippen LogP contribution in [0.2, 0.25) is 0 Å². The third-order valence-corrected chi connectivity index (χ3v) is 8.56. The first-order valence-electron chi connectivity index (χ1n) is 16.1. The number of benzene rings is 4. The molecule has 0 atom stereocenters. The molecule has 0 amide bonds. The normalized spacial score (nSPS) is 16.6. The summed E-state index contributed by atoms with van der Waals surface area (Å²) < 4.78 is 116. The van der Waals surface area contributed by atoms with Crippen LogP contribution in [0.4, 0.5) is 49.1 Å². The molecule has 8 nitrogen and oxygen atoms in total. The van der Waals surface area contributed by atoms with E-state index in [1.165, 1.54) is 48.5 Å². The maximum Gasteiger partial charge on any atom is 0.411 e. The minimum Gasteiger partial charge on any atom is -0.448 e. The lowest BCUT2D eigenvalue weighted by atomic mass is 9.68. The fraction of sp³-hybridized carbons (Fsp3) is 0.179. The van der Waals surface area contributed by atoms with Crippen molar-refractivity contribution in [3.63, 3.8) is 0 Å². The molecule has 0 aliphatic heterocycles. The SMILES string of the molecule is Nc1cccc(OC2(Oc3cccc(N)c3)C=CC(C(C3=CCC(Oc4cccc(N)c4)(Oc4cccc(N)c4)C=C3)(C(F)(F)F)C(F)(F)F)=CC2)c1. The first-order chi connectivity index (χ1) is 25.0. The van der Waals surface area contributed by atoms with Crippen molar-refractivity contribution in [2.24, 2.45) is 5.41 Å². The Balaban J connectivity index is 1.41. The van der Waals surface area contributed by atoms with Gasteiger partial charge in [0, 0.05) is 72.0 Å². The van der Waals surface area contributed by atoms with Gasteiger partial charge in [0.1, 0.15) is 23.0 Å². The van der Waals surface area contributed by atoms with E-state index >= 15 is 26.3 Å². The number of anilines is 4. The van der Waals surface area contributed by atoms with Crippen LogP contribution in [0.25, 0.3) is 0 Å². The monoisotopic (exact) mass is 736 g/mol. The summed E-state index contributed by atoms with van der Waals surface area (Å²) in [5.74, 6) is -3.16. The van der Waals surface area contributed by atoms with Gasteiger partial charge in [-0.1, -0.05) is 48.6 Å². The van der Waals surface area contributed by atoms with Gasteiger partial charge in [0.15, 0.2) is 0 Å². The number of alkyl halides is 6. The maximum absolute atomic E-state index is 15.3. The Morgan fingerprint density at radius 1 is 0.453 bits per heavy atom. The lowest BCUT2D eigenvalue weighted by Gasteiger charge is -2.43. The highest BCUT2D eigenvalue weighted by Crippen LogP contribution is 2.61. The van der Waals surface area contributed by atoms with Gasteiger partial charge in [-0.3, -0.25) is 0 Å². The number of allylic oxidation sites excluding steroid dienone is 4. The zero-order valence-corrected chi connectivity index (χ0v) is 27.8. The van der Waals surface area contributed by atoms with Crippen molar-refractivity contribution in [2.75, 3.05) is 22.9 Å². The van der Waals surface area contributed by atoms with Crippen molar-refractivity contribution >= 4 is 22.7 Å². The van der Waals surface area contributed by atoms with Gasteiger partial charge in [-0.15, -0.1) is 0 Å². The van der Waals surface area contributed by atoms with Gasteiger partial charge in [0.2, 0.25) is 5.41 Å². The van der Waals surface area contributed by atoms with Crippen LogP contribution >= 0.6 is 0 Å². The van der Waals surface area contributed by atoms with Crippen molar-refractivity contribution in [3.8, 4) is 23.0 Å². The van der Waals surface area contributed by atoms with E-state index in [1.807, 2.05) is 0 Å². The zero-order chi connectivity index (χ0) is 38.1. The van der Waals surface area contributed by atoms with Crippen LogP contribution < -0.4 is 41.9 Å². The van der Waals surface area contributed by atoms with Gasteiger partial charge in [-0.25, -0.2) is 0 Å². The minimum absolute atomic E-state index is 0.155. The third-order valence-electron chi connectivity index (χ3n) is 8.56. The van der Waals surface area contributed by atoms with Crippen LogP contribution in [-0.2, 0) is 0 Å². The van der Waals surface area contributed by atoms with E-state index in [0.29, 0.717) is 34.9 Å². The Morgan fingerprint density at radius 3 is 0.943 bits per heavy atom. The Morgan fingerprint density at radius 2 is 0.736 bits per heavy atom. The quantitative estimate of drug-likeness (QED) is 0.0719. The second-order valence-electron chi connectivity index (χ2n) is 12.5. The van der Waals surface area contributed by atoms with Crippen molar-refractivity contribution in [1.82, 2.24) is 0 Å². The highest BCUT2D eigenvalue weighted by molar-refractivity contribution is 5.52. The summed E-state index contributed by atoms with van der Waals surface area (Å²) in [4.78, 5) is 0. The summed E-state index contributed by atoms with van der Waals surface area (Å²) in [5.41, 5.74) is 18.1. The van der Waals surface area contributed by atoms with E-state index < -0.39 is 53.3 Å². The van der Waals surface area contributed by atoms with Gasteiger partial charge in [0.05, 0.1) is 0 Å². The van der Waals surface area contributed by atoms with Gasteiger partial charge in [-0.2, -0.15) is 26.3 Å². The minimum atomic E-state index is -5.88. The molecule has 0 bridgehead atoms. The summed E-state index contributed by atoms with van der Waals surface area (Å²) in [6.45, 7) is 0. The van der Waals surface area contributed by atoms with E-state index in [9.17, 15) is 0 Å². The van der Waals surface area contributed by atoms with Crippen molar-refractivity contribution in [1.29, 1.82) is 0 Å². The molecule has 6 rings (SSSR count). The topological polar surface area (TPSA) is 141 Å². The molecule has 4 aromatic rings. The first-order valence-corrected chi connectivity index (χ1v) is 16.1. The zero-order valence-electron chi connectivity index (χ0n) is 27.8. The molecule has 8 N–H and O–H groups in total. The molecule has 0 fully saturated rings. The smallest absolute Gasteiger partial charge is 0.411 e. The van der Waals surface area contributed by atoms with E-state index in [2.05, 4.69) is 0 Å². The molecule has 0 radical (unpaired) electrons. The van der Waals surface area contributed by atoms with Crippen LogP contribution in [0.1, 0.15) is 12.8 Å². The average Bonchev–Trinajstić information content (AvgIpc) is 3.06. The maximum atomic E-state index is 15.3. The van der Waals surface area contributed by atoms with Crippen LogP contribution in [0.3, 0.4) is 0 Å². The number of halogens is 6. The summed E-state index contributed by atoms with van der Waals surface area (Å²) in [7, 11) is 0. The number of ether oxygens (including phenoxy) is 4. The lowest BCUT2D eigenvalue weighted by Crippen LogP contribution is -2.54. The fourth-order valence-electron chi connectivity index (χ4n) is 6.20. The molecule has 276 valence electrons. The second kappa shape index (κ2) is 13.7. The largest absolute Gasteiger partial charge is 0.448 e. The highest BCUT2D eigenvalue weighted by Gasteiger charge is 2.74. The predicted molar refractivity (Wildman–Crippen MR) is 190 cm³/mol. The summed E-state index contributed by atoms with van der Waals surface area (Å²) in [6.07, 6.45) is -7.84. The molecule has 0 spiro atoms. The number of nitrogen functional groups attached to an aromatic ring is 4. The molecule has 4 aromatic carbocycles. The Labute approximate surface area is 300 Å². The van der Waals surface area contributed by atoms with E-state index in [4.69, 9.17) is 41.9 Å². The summed E-state index contributed by atoms with van der Waals surface area (Å²) in [5, 5.41) is 0. The van der Waals surface area contributed by atoms with E-state index in [-0.39, 0.29) is 23.0 Å². The van der Waals surface area contributed by atoms with Crippen LogP contribution in [0.15, 0.2) is 145 Å². The third kappa shape index (κ3) is 7.57. The molecule has 2 aliphatic rings. The standard InChI is InChI=1S/C39H34F6N4O4/c40-38(41,42)37(39(43,44)45,25-13-17-35(18-14-25,50-31-9-1-5-27(46)21-31)51-32-10-2-6-28(47)22-32)26-15-19-36(20-16-26,52-33-11-3-7-29(48)23-33)53-34-12-4-8-30(49)24-34/h1-17,19,21-24H,18,20,46-49H2. The predicted octanol–water partition coefficient (Wildman–Crippen LogP) is 8.91. The van der Waals surface area contributed by atoms with Crippen molar-refractivity contribution < 1.29 is 45.3 Å².